The normalized spacial score (nSPS) is 17.0. The molecule has 0 spiro atoms. The predicted molar refractivity (Wildman–Crippen MR) is 74.1 cm³/mol. The number of nitrogens with two attached hydrogens (primary N) is 1. The molecule has 1 aromatic carbocycles. The quantitative estimate of drug-likeness (QED) is 0.671. The minimum atomic E-state index is 0.227. The average molecular weight is 296 g/mol. The third kappa shape index (κ3) is 3.56. The van der Waals surface area contributed by atoms with E-state index in [2.05, 4.69) is 15.9 Å². The molecule has 1 aliphatic carbocycles. The van der Waals surface area contributed by atoms with E-state index in [0.717, 1.165) is 10.0 Å². The molecule has 0 radical (unpaired) electrons. The lowest BCUT2D eigenvalue weighted by Crippen LogP contribution is -2.12. The molecule has 2 nitrogen and oxygen atoms in total. The number of nitrogen functional groups attached to an aromatic ring is 1. The van der Waals surface area contributed by atoms with Crippen LogP contribution in [0.3, 0.4) is 0 Å². The van der Waals surface area contributed by atoms with E-state index in [9.17, 15) is 4.79 Å². The Hall–Kier alpha value is -0.830. The summed E-state index contributed by atoms with van der Waals surface area (Å²) >= 11 is 3.37. The molecule has 0 amide bonds. The Bertz CT molecular complexity index is 390. The van der Waals surface area contributed by atoms with Gasteiger partial charge >= 0.3 is 0 Å². The molecule has 1 aromatic rings. The van der Waals surface area contributed by atoms with Crippen LogP contribution in [-0.4, -0.2) is 5.78 Å². The maximum Gasteiger partial charge on any atom is 0.163 e. The van der Waals surface area contributed by atoms with Crippen LogP contribution in [0.2, 0.25) is 0 Å². The summed E-state index contributed by atoms with van der Waals surface area (Å²) < 4.78 is 0.879. The van der Waals surface area contributed by atoms with E-state index in [4.69, 9.17) is 5.73 Å². The van der Waals surface area contributed by atoms with E-state index < -0.39 is 0 Å². The van der Waals surface area contributed by atoms with E-state index >= 15 is 0 Å². The third-order valence-electron chi connectivity index (χ3n) is 3.44. The molecule has 1 saturated carbocycles. The fourth-order valence-corrected chi connectivity index (χ4v) is 3.06. The summed E-state index contributed by atoms with van der Waals surface area (Å²) in [6.45, 7) is 0. The predicted octanol–water partition coefficient (Wildman–Crippen LogP) is 4.18. The van der Waals surface area contributed by atoms with Crippen LogP contribution in [0, 0.1) is 5.92 Å². The summed E-state index contributed by atoms with van der Waals surface area (Å²) in [5.74, 6) is 0.807. The lowest BCUT2D eigenvalue weighted by atomic mass is 9.85. The summed E-state index contributed by atoms with van der Waals surface area (Å²) in [4.78, 5) is 12.1. The largest absolute Gasteiger partial charge is 0.399 e. The van der Waals surface area contributed by atoms with Crippen LogP contribution in [0.15, 0.2) is 22.7 Å². The van der Waals surface area contributed by atoms with Crippen molar-refractivity contribution in [3.8, 4) is 0 Å². The van der Waals surface area contributed by atoms with Gasteiger partial charge in [-0.05, 0) is 24.1 Å². The molecule has 0 unspecified atom stereocenters. The van der Waals surface area contributed by atoms with Crippen LogP contribution >= 0.6 is 15.9 Å². The van der Waals surface area contributed by atoms with Gasteiger partial charge in [0.15, 0.2) is 5.78 Å². The number of hydrogen-bond acceptors (Lipinski definition) is 2. The number of rotatable bonds is 3. The van der Waals surface area contributed by atoms with Gasteiger partial charge < -0.3 is 5.73 Å². The summed E-state index contributed by atoms with van der Waals surface area (Å²) in [6.07, 6.45) is 6.96. The van der Waals surface area contributed by atoms with E-state index in [1.54, 1.807) is 6.07 Å². The average Bonchev–Trinajstić information content (AvgIpc) is 2.29. The van der Waals surface area contributed by atoms with Crippen molar-refractivity contribution in [2.45, 2.75) is 38.5 Å². The standard InChI is InChI=1S/C14H18BrNO/c15-12-7-11(8-13(16)9-12)14(17)6-10-4-2-1-3-5-10/h7-10H,1-6,16H2. The lowest BCUT2D eigenvalue weighted by molar-refractivity contribution is 0.0950. The van der Waals surface area contributed by atoms with Crippen molar-refractivity contribution in [2.75, 3.05) is 5.73 Å². The molecular weight excluding hydrogens is 278 g/mol. The molecule has 1 fully saturated rings. The van der Waals surface area contributed by atoms with Gasteiger partial charge in [-0.25, -0.2) is 0 Å². The van der Waals surface area contributed by atoms with Crippen LogP contribution in [0.1, 0.15) is 48.9 Å². The van der Waals surface area contributed by atoms with Gasteiger partial charge in [0.05, 0.1) is 0 Å². The monoisotopic (exact) mass is 295 g/mol. The number of benzene rings is 1. The molecule has 0 atom stereocenters. The van der Waals surface area contributed by atoms with Crippen molar-refractivity contribution in [3.63, 3.8) is 0 Å². The van der Waals surface area contributed by atoms with Crippen LogP contribution in [0.5, 0.6) is 0 Å². The topological polar surface area (TPSA) is 43.1 Å². The smallest absolute Gasteiger partial charge is 0.163 e. The SMILES string of the molecule is Nc1cc(Br)cc(C(=O)CC2CCCCC2)c1. The van der Waals surface area contributed by atoms with Gasteiger partial charge in [0.1, 0.15) is 0 Å². The second-order valence-electron chi connectivity index (χ2n) is 4.90. The number of carbonyl (C=O) groups is 1. The Morgan fingerprint density at radius 2 is 1.94 bits per heavy atom. The van der Waals surface area contributed by atoms with Crippen molar-refractivity contribution in [2.24, 2.45) is 5.92 Å². The van der Waals surface area contributed by atoms with Crippen molar-refractivity contribution >= 4 is 27.4 Å². The molecule has 1 aliphatic rings. The zero-order chi connectivity index (χ0) is 12.3. The highest BCUT2D eigenvalue weighted by Gasteiger charge is 2.18. The Morgan fingerprint density at radius 1 is 1.24 bits per heavy atom. The zero-order valence-corrected chi connectivity index (χ0v) is 11.5. The van der Waals surface area contributed by atoms with Crippen molar-refractivity contribution in [3.05, 3.63) is 28.2 Å². The first-order chi connectivity index (χ1) is 8.15. The molecule has 0 aromatic heterocycles. The third-order valence-corrected chi connectivity index (χ3v) is 3.90. The number of anilines is 1. The highest BCUT2D eigenvalue weighted by atomic mass is 79.9. The Kier molecular flexibility index (Phi) is 4.21. The summed E-state index contributed by atoms with van der Waals surface area (Å²) in [5.41, 5.74) is 7.13. The van der Waals surface area contributed by atoms with E-state index in [-0.39, 0.29) is 5.78 Å². The van der Waals surface area contributed by atoms with Gasteiger partial charge in [0.25, 0.3) is 0 Å². The molecular formula is C14H18BrNO. The molecule has 2 N–H and O–H groups in total. The molecule has 0 bridgehead atoms. The Labute approximate surface area is 111 Å². The number of carbonyl (C=O) groups excluding carboxylic acids is 1. The van der Waals surface area contributed by atoms with Crippen molar-refractivity contribution in [1.82, 2.24) is 0 Å². The molecule has 0 heterocycles. The number of Topliss-reactive ketones (excluding diaryl/α,β-unsaturated/α-hetero) is 1. The molecule has 2 rings (SSSR count). The Morgan fingerprint density at radius 3 is 2.59 bits per heavy atom. The first-order valence-electron chi connectivity index (χ1n) is 6.24. The minimum absolute atomic E-state index is 0.227. The number of hydrogen-bond donors (Lipinski definition) is 1. The fraction of sp³-hybridized carbons (Fsp3) is 0.500. The van der Waals surface area contributed by atoms with Gasteiger partial charge in [0.2, 0.25) is 0 Å². The van der Waals surface area contributed by atoms with E-state index in [1.807, 2.05) is 12.1 Å². The highest BCUT2D eigenvalue weighted by molar-refractivity contribution is 9.10. The van der Waals surface area contributed by atoms with Crippen molar-refractivity contribution in [1.29, 1.82) is 0 Å². The number of halogens is 1. The van der Waals surface area contributed by atoms with Crippen LogP contribution < -0.4 is 5.73 Å². The van der Waals surface area contributed by atoms with E-state index in [1.165, 1.54) is 32.1 Å². The molecule has 92 valence electrons. The van der Waals surface area contributed by atoms with Gasteiger partial charge in [-0.2, -0.15) is 0 Å². The second-order valence-corrected chi connectivity index (χ2v) is 5.82. The molecule has 17 heavy (non-hydrogen) atoms. The highest BCUT2D eigenvalue weighted by Crippen LogP contribution is 2.28. The first kappa shape index (κ1) is 12.6. The summed E-state index contributed by atoms with van der Waals surface area (Å²) in [5, 5.41) is 0. The molecule has 0 aliphatic heterocycles. The maximum absolute atomic E-state index is 12.1. The molecule has 0 saturated heterocycles. The second kappa shape index (κ2) is 5.67. The fourth-order valence-electron chi connectivity index (χ4n) is 2.54. The van der Waals surface area contributed by atoms with Gasteiger partial charge in [-0.3, -0.25) is 4.79 Å². The van der Waals surface area contributed by atoms with Gasteiger partial charge in [0, 0.05) is 22.1 Å². The molecule has 3 heteroatoms. The maximum atomic E-state index is 12.1. The van der Waals surface area contributed by atoms with Crippen LogP contribution in [-0.2, 0) is 0 Å². The summed E-state index contributed by atoms with van der Waals surface area (Å²) in [6, 6.07) is 5.45. The minimum Gasteiger partial charge on any atom is -0.399 e. The first-order valence-corrected chi connectivity index (χ1v) is 7.04. The van der Waals surface area contributed by atoms with Crippen LogP contribution in [0.4, 0.5) is 5.69 Å². The number of ketones is 1. The van der Waals surface area contributed by atoms with Crippen molar-refractivity contribution < 1.29 is 4.79 Å². The lowest BCUT2D eigenvalue weighted by Gasteiger charge is -2.20. The van der Waals surface area contributed by atoms with Crippen LogP contribution in [0.25, 0.3) is 0 Å². The van der Waals surface area contributed by atoms with Gasteiger partial charge in [-0.1, -0.05) is 48.0 Å². The van der Waals surface area contributed by atoms with Gasteiger partial charge in [-0.15, -0.1) is 0 Å². The zero-order valence-electron chi connectivity index (χ0n) is 9.92. The Balaban J connectivity index is 2.03. The van der Waals surface area contributed by atoms with E-state index in [0.29, 0.717) is 18.0 Å². The summed E-state index contributed by atoms with van der Waals surface area (Å²) in [7, 11) is 0.